The van der Waals surface area contributed by atoms with Crippen LogP contribution in [0.25, 0.3) is 11.4 Å². The average Bonchev–Trinajstić information content (AvgIpc) is 3.42. The molecule has 0 spiro atoms. The first-order chi connectivity index (χ1) is 15.1. The third-order valence-electron chi connectivity index (χ3n) is 5.22. The SMILES string of the molecule is CN=C(NCCc1nc(-c2cccc(Cl)c2)no1)NC1CCCN(c2cnn(C)c2)C1. The van der Waals surface area contributed by atoms with E-state index in [-0.39, 0.29) is 0 Å². The number of hydrogen-bond donors (Lipinski definition) is 2. The van der Waals surface area contributed by atoms with E-state index in [1.807, 2.05) is 42.2 Å². The molecule has 1 unspecified atom stereocenters. The first-order valence-electron chi connectivity index (χ1n) is 10.4. The predicted octanol–water partition coefficient (Wildman–Crippen LogP) is 2.50. The smallest absolute Gasteiger partial charge is 0.228 e. The zero-order chi connectivity index (χ0) is 21.6. The molecule has 1 aliphatic heterocycles. The standard InChI is InChI=1S/C21H27ClN8O/c1-23-21(26-17-7-4-10-30(13-17)18-12-25-29(2)14-18)24-9-8-19-27-20(28-31-19)15-5-3-6-16(22)11-15/h3,5-6,11-12,14,17H,4,7-10,13H2,1-2H3,(H2,23,24,26). The molecule has 0 amide bonds. The van der Waals surface area contributed by atoms with Crippen LogP contribution in [0.1, 0.15) is 18.7 Å². The van der Waals surface area contributed by atoms with Crippen molar-refractivity contribution in [2.24, 2.45) is 12.0 Å². The third-order valence-corrected chi connectivity index (χ3v) is 5.46. The molecular formula is C21H27ClN8O. The summed E-state index contributed by atoms with van der Waals surface area (Å²) >= 11 is 6.04. The number of aliphatic imine (C=N–C) groups is 1. The van der Waals surface area contributed by atoms with Gasteiger partial charge in [-0.3, -0.25) is 9.67 Å². The van der Waals surface area contributed by atoms with E-state index in [0.717, 1.165) is 43.1 Å². The first kappa shape index (κ1) is 21.2. The van der Waals surface area contributed by atoms with Gasteiger partial charge in [0, 0.05) is 63.0 Å². The van der Waals surface area contributed by atoms with Crippen molar-refractivity contribution in [1.29, 1.82) is 0 Å². The van der Waals surface area contributed by atoms with Crippen LogP contribution in [0.5, 0.6) is 0 Å². The van der Waals surface area contributed by atoms with Crippen LogP contribution in [-0.4, -0.2) is 58.6 Å². The second kappa shape index (κ2) is 9.82. The normalized spacial score (nSPS) is 17.1. The summed E-state index contributed by atoms with van der Waals surface area (Å²) in [5, 5.41) is 15.8. The number of aryl methyl sites for hydroxylation is 1. The van der Waals surface area contributed by atoms with Gasteiger partial charge in [-0.05, 0) is 25.0 Å². The summed E-state index contributed by atoms with van der Waals surface area (Å²) in [7, 11) is 3.72. The van der Waals surface area contributed by atoms with Crippen LogP contribution in [0, 0.1) is 0 Å². The highest BCUT2D eigenvalue weighted by Gasteiger charge is 2.21. The lowest BCUT2D eigenvalue weighted by Gasteiger charge is -2.34. The highest BCUT2D eigenvalue weighted by Crippen LogP contribution is 2.20. The molecule has 164 valence electrons. The lowest BCUT2D eigenvalue weighted by Crippen LogP contribution is -2.51. The number of aromatic nitrogens is 4. The number of hydrogen-bond acceptors (Lipinski definition) is 6. The maximum absolute atomic E-state index is 6.04. The molecule has 1 atom stereocenters. The van der Waals surface area contributed by atoms with E-state index in [9.17, 15) is 0 Å². The molecular weight excluding hydrogens is 416 g/mol. The fourth-order valence-electron chi connectivity index (χ4n) is 3.68. The summed E-state index contributed by atoms with van der Waals surface area (Å²) in [6.07, 6.45) is 6.79. The molecule has 0 radical (unpaired) electrons. The molecule has 1 saturated heterocycles. The van der Waals surface area contributed by atoms with Gasteiger partial charge in [0.2, 0.25) is 11.7 Å². The lowest BCUT2D eigenvalue weighted by molar-refractivity contribution is 0.378. The molecule has 9 nitrogen and oxygen atoms in total. The van der Waals surface area contributed by atoms with Crippen LogP contribution in [0.15, 0.2) is 46.2 Å². The minimum atomic E-state index is 0.318. The topological polar surface area (TPSA) is 96.4 Å². The fraction of sp³-hybridized carbons (Fsp3) is 0.429. The molecule has 0 aliphatic carbocycles. The third kappa shape index (κ3) is 5.55. The minimum absolute atomic E-state index is 0.318. The van der Waals surface area contributed by atoms with Crippen molar-refractivity contribution in [3.8, 4) is 11.4 Å². The summed E-state index contributed by atoms with van der Waals surface area (Å²) in [5.41, 5.74) is 1.99. The van der Waals surface area contributed by atoms with E-state index >= 15 is 0 Å². The van der Waals surface area contributed by atoms with Crippen LogP contribution in [0.4, 0.5) is 5.69 Å². The Hall–Kier alpha value is -3.07. The zero-order valence-electron chi connectivity index (χ0n) is 17.8. The average molecular weight is 443 g/mol. The van der Waals surface area contributed by atoms with Crippen LogP contribution >= 0.6 is 11.6 Å². The number of nitrogens with one attached hydrogen (secondary N) is 2. The molecule has 10 heteroatoms. The second-order valence-corrected chi connectivity index (χ2v) is 8.01. The van der Waals surface area contributed by atoms with Crippen molar-refractivity contribution in [3.63, 3.8) is 0 Å². The van der Waals surface area contributed by atoms with Crippen molar-refractivity contribution in [2.45, 2.75) is 25.3 Å². The Morgan fingerprint density at radius 2 is 2.29 bits per heavy atom. The summed E-state index contributed by atoms with van der Waals surface area (Å²) < 4.78 is 7.21. The van der Waals surface area contributed by atoms with E-state index in [2.05, 4.69) is 42.0 Å². The van der Waals surface area contributed by atoms with Gasteiger partial charge in [0.1, 0.15) is 0 Å². The minimum Gasteiger partial charge on any atom is -0.367 e. The van der Waals surface area contributed by atoms with E-state index in [1.165, 1.54) is 0 Å². The molecule has 1 aromatic carbocycles. The number of benzene rings is 1. The molecule has 3 heterocycles. The van der Waals surface area contributed by atoms with Crippen molar-refractivity contribution < 1.29 is 4.52 Å². The van der Waals surface area contributed by atoms with E-state index in [4.69, 9.17) is 16.1 Å². The number of piperidine rings is 1. The number of nitrogens with zero attached hydrogens (tertiary/aromatic N) is 6. The van der Waals surface area contributed by atoms with E-state index in [0.29, 0.717) is 35.7 Å². The van der Waals surface area contributed by atoms with Gasteiger partial charge in [-0.2, -0.15) is 10.1 Å². The van der Waals surface area contributed by atoms with Gasteiger partial charge in [0.15, 0.2) is 5.96 Å². The van der Waals surface area contributed by atoms with Gasteiger partial charge < -0.3 is 20.1 Å². The van der Waals surface area contributed by atoms with Crippen molar-refractivity contribution in [2.75, 3.05) is 31.6 Å². The summed E-state index contributed by atoms with van der Waals surface area (Å²) in [5.74, 6) is 1.88. The zero-order valence-corrected chi connectivity index (χ0v) is 18.5. The van der Waals surface area contributed by atoms with Crippen LogP contribution in [0.3, 0.4) is 0 Å². The molecule has 31 heavy (non-hydrogen) atoms. The summed E-state index contributed by atoms with van der Waals surface area (Å²) in [4.78, 5) is 11.2. The largest absolute Gasteiger partial charge is 0.367 e. The molecule has 0 saturated carbocycles. The van der Waals surface area contributed by atoms with Crippen molar-refractivity contribution >= 4 is 23.2 Å². The highest BCUT2D eigenvalue weighted by molar-refractivity contribution is 6.30. The highest BCUT2D eigenvalue weighted by atomic mass is 35.5. The Labute approximate surface area is 186 Å². The predicted molar refractivity (Wildman–Crippen MR) is 121 cm³/mol. The molecule has 3 aromatic rings. The van der Waals surface area contributed by atoms with Gasteiger partial charge in [-0.1, -0.05) is 28.9 Å². The Bertz CT molecular complexity index is 1030. The number of anilines is 1. The Balaban J connectivity index is 1.26. The molecule has 4 rings (SSSR count). The van der Waals surface area contributed by atoms with Crippen molar-refractivity contribution in [3.05, 3.63) is 47.6 Å². The number of halogens is 1. The lowest BCUT2D eigenvalue weighted by atomic mass is 10.1. The Morgan fingerprint density at radius 3 is 3.06 bits per heavy atom. The van der Waals surface area contributed by atoms with Crippen LogP contribution in [-0.2, 0) is 13.5 Å². The molecule has 2 N–H and O–H groups in total. The van der Waals surface area contributed by atoms with Gasteiger partial charge in [-0.25, -0.2) is 0 Å². The molecule has 0 bridgehead atoms. The van der Waals surface area contributed by atoms with E-state index in [1.54, 1.807) is 7.05 Å². The van der Waals surface area contributed by atoms with Gasteiger partial charge >= 0.3 is 0 Å². The summed E-state index contributed by atoms with van der Waals surface area (Å²) in [6, 6.07) is 7.73. The fourth-order valence-corrected chi connectivity index (χ4v) is 3.87. The monoisotopic (exact) mass is 442 g/mol. The van der Waals surface area contributed by atoms with Crippen LogP contribution < -0.4 is 15.5 Å². The molecule has 1 aliphatic rings. The van der Waals surface area contributed by atoms with Gasteiger partial charge in [0.05, 0.1) is 11.9 Å². The maximum atomic E-state index is 6.04. The number of guanidine groups is 1. The summed E-state index contributed by atoms with van der Waals surface area (Å²) in [6.45, 7) is 2.59. The maximum Gasteiger partial charge on any atom is 0.228 e. The number of rotatable bonds is 6. The van der Waals surface area contributed by atoms with Gasteiger partial charge in [-0.15, -0.1) is 0 Å². The molecule has 2 aromatic heterocycles. The molecule has 1 fully saturated rings. The van der Waals surface area contributed by atoms with Gasteiger partial charge in [0.25, 0.3) is 0 Å². The second-order valence-electron chi connectivity index (χ2n) is 7.57. The Kier molecular flexibility index (Phi) is 6.71. The Morgan fingerprint density at radius 1 is 1.39 bits per heavy atom. The van der Waals surface area contributed by atoms with Crippen molar-refractivity contribution in [1.82, 2.24) is 30.6 Å². The van der Waals surface area contributed by atoms with Crippen LogP contribution in [0.2, 0.25) is 5.02 Å². The quantitative estimate of drug-likeness (QED) is 0.447. The first-order valence-corrected chi connectivity index (χ1v) is 10.8. The van der Waals surface area contributed by atoms with E-state index < -0.39 is 0 Å².